The van der Waals surface area contributed by atoms with Gasteiger partial charge in [0, 0.05) is 25.3 Å². The Morgan fingerprint density at radius 3 is 2.50 bits per heavy atom. The third kappa shape index (κ3) is 3.42. The van der Waals surface area contributed by atoms with E-state index in [1.807, 2.05) is 44.7 Å². The van der Waals surface area contributed by atoms with Crippen LogP contribution in [0.25, 0.3) is 0 Å². The van der Waals surface area contributed by atoms with Gasteiger partial charge in [-0.05, 0) is 30.2 Å². The van der Waals surface area contributed by atoms with Crippen molar-refractivity contribution >= 4 is 23.0 Å². The number of halogens is 1. The topological polar surface area (TPSA) is 28.2 Å². The second kappa shape index (κ2) is 6.62. The molecule has 2 aromatic rings. The first-order chi connectivity index (χ1) is 9.61. The summed E-state index contributed by atoms with van der Waals surface area (Å²) in [6.45, 7) is 2.16. The Morgan fingerprint density at radius 2 is 1.90 bits per heavy atom. The molecule has 0 amide bonds. The third-order valence-electron chi connectivity index (χ3n) is 3.29. The molecule has 1 aromatic heterocycles. The molecule has 2 rings (SSSR count). The lowest BCUT2D eigenvalue weighted by Gasteiger charge is -2.23. The summed E-state index contributed by atoms with van der Waals surface area (Å²) < 4.78 is 0. The molecular formula is C16H20ClN3. The van der Waals surface area contributed by atoms with Gasteiger partial charge in [0.05, 0.1) is 23.6 Å². The lowest BCUT2D eigenvalue weighted by molar-refractivity contribution is 0.748. The van der Waals surface area contributed by atoms with Gasteiger partial charge in [-0.25, -0.2) is 0 Å². The number of rotatable bonds is 5. The van der Waals surface area contributed by atoms with E-state index in [9.17, 15) is 0 Å². The highest BCUT2D eigenvalue weighted by Crippen LogP contribution is 2.29. The maximum Gasteiger partial charge on any atom is 0.0769 e. The van der Waals surface area contributed by atoms with E-state index < -0.39 is 0 Å². The predicted octanol–water partition coefficient (Wildman–Crippen LogP) is 4.36. The van der Waals surface area contributed by atoms with Crippen molar-refractivity contribution < 1.29 is 0 Å². The van der Waals surface area contributed by atoms with E-state index in [0.29, 0.717) is 0 Å². The Bertz CT molecular complexity index is 552. The van der Waals surface area contributed by atoms with Gasteiger partial charge in [0.15, 0.2) is 0 Å². The molecule has 0 fully saturated rings. The van der Waals surface area contributed by atoms with Crippen LogP contribution in [0, 0.1) is 0 Å². The van der Waals surface area contributed by atoms with E-state index in [1.54, 1.807) is 0 Å². The molecule has 1 unspecified atom stereocenters. The predicted molar refractivity (Wildman–Crippen MR) is 86.7 cm³/mol. The Labute approximate surface area is 125 Å². The average molecular weight is 290 g/mol. The fourth-order valence-electron chi connectivity index (χ4n) is 2.19. The molecule has 3 nitrogen and oxygen atoms in total. The fourth-order valence-corrected chi connectivity index (χ4v) is 2.32. The standard InChI is InChI=1S/C16H20ClN3/c1-4-14(12-5-7-13(17)8-6-12)19-15-11-18-10-9-16(15)20(2)3/h5-11,14,19H,4H2,1-3H3. The van der Waals surface area contributed by atoms with Gasteiger partial charge in [0.25, 0.3) is 0 Å². The highest BCUT2D eigenvalue weighted by atomic mass is 35.5. The summed E-state index contributed by atoms with van der Waals surface area (Å²) in [6.07, 6.45) is 4.67. The molecule has 0 aliphatic carbocycles. The van der Waals surface area contributed by atoms with Gasteiger partial charge in [-0.3, -0.25) is 4.98 Å². The summed E-state index contributed by atoms with van der Waals surface area (Å²) in [7, 11) is 4.06. The summed E-state index contributed by atoms with van der Waals surface area (Å²) >= 11 is 5.95. The second-order valence-electron chi connectivity index (χ2n) is 4.94. The van der Waals surface area contributed by atoms with Crippen LogP contribution < -0.4 is 10.2 Å². The summed E-state index contributed by atoms with van der Waals surface area (Å²) in [4.78, 5) is 6.29. The first kappa shape index (κ1) is 14.7. The lowest BCUT2D eigenvalue weighted by atomic mass is 10.0. The van der Waals surface area contributed by atoms with Gasteiger partial charge in [-0.1, -0.05) is 30.7 Å². The Hall–Kier alpha value is -1.74. The van der Waals surface area contributed by atoms with Gasteiger partial charge >= 0.3 is 0 Å². The first-order valence-electron chi connectivity index (χ1n) is 6.75. The number of nitrogens with one attached hydrogen (secondary N) is 1. The molecular weight excluding hydrogens is 270 g/mol. The zero-order valence-electron chi connectivity index (χ0n) is 12.1. The molecule has 1 heterocycles. The van der Waals surface area contributed by atoms with Crippen LogP contribution in [0.15, 0.2) is 42.7 Å². The second-order valence-corrected chi connectivity index (χ2v) is 5.38. The molecule has 0 aliphatic rings. The van der Waals surface area contributed by atoms with Crippen LogP contribution in [0.4, 0.5) is 11.4 Å². The molecule has 0 saturated carbocycles. The summed E-state index contributed by atoms with van der Waals surface area (Å²) in [5.41, 5.74) is 3.40. The third-order valence-corrected chi connectivity index (χ3v) is 3.54. The van der Waals surface area contributed by atoms with Crippen LogP contribution in [0.5, 0.6) is 0 Å². The van der Waals surface area contributed by atoms with Crippen LogP contribution in [0.1, 0.15) is 24.9 Å². The zero-order chi connectivity index (χ0) is 14.5. The highest BCUT2D eigenvalue weighted by Gasteiger charge is 2.12. The van der Waals surface area contributed by atoms with Crippen LogP contribution >= 0.6 is 11.6 Å². The molecule has 0 bridgehead atoms. The summed E-state index contributed by atoms with van der Waals surface area (Å²) in [5, 5.41) is 4.33. The highest BCUT2D eigenvalue weighted by molar-refractivity contribution is 6.30. The number of anilines is 2. The first-order valence-corrected chi connectivity index (χ1v) is 7.13. The maximum atomic E-state index is 5.95. The smallest absolute Gasteiger partial charge is 0.0769 e. The van der Waals surface area contributed by atoms with Crippen LogP contribution in [-0.4, -0.2) is 19.1 Å². The average Bonchev–Trinajstić information content (AvgIpc) is 2.46. The molecule has 1 aromatic carbocycles. The van der Waals surface area contributed by atoms with Gasteiger partial charge < -0.3 is 10.2 Å². The number of nitrogens with zero attached hydrogens (tertiary/aromatic N) is 2. The normalized spacial score (nSPS) is 12.0. The van der Waals surface area contributed by atoms with Gasteiger partial charge in [-0.2, -0.15) is 0 Å². The lowest BCUT2D eigenvalue weighted by Crippen LogP contribution is -2.15. The van der Waals surface area contributed by atoms with Crippen molar-refractivity contribution in [3.05, 3.63) is 53.3 Å². The molecule has 4 heteroatoms. The monoisotopic (exact) mass is 289 g/mol. The van der Waals surface area contributed by atoms with Crippen molar-refractivity contribution in [1.29, 1.82) is 0 Å². The number of hydrogen-bond acceptors (Lipinski definition) is 3. The van der Waals surface area contributed by atoms with Crippen LogP contribution in [0.2, 0.25) is 5.02 Å². The number of aromatic nitrogens is 1. The molecule has 106 valence electrons. The van der Waals surface area contributed by atoms with Crippen molar-refractivity contribution in [3.63, 3.8) is 0 Å². The van der Waals surface area contributed by atoms with Crippen molar-refractivity contribution in [2.24, 2.45) is 0 Å². The van der Waals surface area contributed by atoms with E-state index in [0.717, 1.165) is 22.8 Å². The SMILES string of the molecule is CCC(Nc1cnccc1N(C)C)c1ccc(Cl)cc1. The number of benzene rings is 1. The summed E-state index contributed by atoms with van der Waals surface area (Å²) in [6, 6.07) is 10.2. The van der Waals surface area contributed by atoms with Crippen molar-refractivity contribution in [3.8, 4) is 0 Å². The summed E-state index contributed by atoms with van der Waals surface area (Å²) in [5.74, 6) is 0. The molecule has 20 heavy (non-hydrogen) atoms. The number of hydrogen-bond donors (Lipinski definition) is 1. The van der Waals surface area contributed by atoms with Crippen molar-refractivity contribution in [2.45, 2.75) is 19.4 Å². The molecule has 1 atom stereocenters. The molecule has 1 N–H and O–H groups in total. The number of pyridine rings is 1. The molecule has 0 aliphatic heterocycles. The molecule has 0 spiro atoms. The largest absolute Gasteiger partial charge is 0.376 e. The van der Waals surface area contributed by atoms with E-state index in [-0.39, 0.29) is 6.04 Å². The fraction of sp³-hybridized carbons (Fsp3) is 0.312. The van der Waals surface area contributed by atoms with Gasteiger partial charge in [-0.15, -0.1) is 0 Å². The van der Waals surface area contributed by atoms with E-state index in [1.165, 1.54) is 5.56 Å². The van der Waals surface area contributed by atoms with E-state index in [4.69, 9.17) is 11.6 Å². The molecule has 0 saturated heterocycles. The Morgan fingerprint density at radius 1 is 1.20 bits per heavy atom. The minimum atomic E-state index is 0.246. The minimum Gasteiger partial charge on any atom is -0.376 e. The van der Waals surface area contributed by atoms with Crippen LogP contribution in [0.3, 0.4) is 0 Å². The van der Waals surface area contributed by atoms with Crippen molar-refractivity contribution in [1.82, 2.24) is 4.98 Å². The molecule has 0 radical (unpaired) electrons. The van der Waals surface area contributed by atoms with Gasteiger partial charge in [0.1, 0.15) is 0 Å². The van der Waals surface area contributed by atoms with Crippen LogP contribution in [-0.2, 0) is 0 Å². The zero-order valence-corrected chi connectivity index (χ0v) is 12.9. The minimum absolute atomic E-state index is 0.246. The van der Waals surface area contributed by atoms with Gasteiger partial charge in [0.2, 0.25) is 0 Å². The van der Waals surface area contributed by atoms with Crippen molar-refractivity contribution in [2.75, 3.05) is 24.3 Å². The van der Waals surface area contributed by atoms with E-state index >= 15 is 0 Å². The Kier molecular flexibility index (Phi) is 4.85. The Balaban J connectivity index is 2.24. The quantitative estimate of drug-likeness (QED) is 0.886. The maximum absolute atomic E-state index is 5.95. The van der Waals surface area contributed by atoms with E-state index in [2.05, 4.69) is 34.3 Å².